The zero-order chi connectivity index (χ0) is 9.31. The Kier molecular flexibility index (Phi) is 2.01. The van der Waals surface area contributed by atoms with Crippen LogP contribution in [0.1, 0.15) is 13.3 Å². The first-order chi connectivity index (χ1) is 6.26. The summed E-state index contributed by atoms with van der Waals surface area (Å²) in [5.41, 5.74) is 0.394. The lowest BCUT2D eigenvalue weighted by Gasteiger charge is -2.38. The van der Waals surface area contributed by atoms with Crippen molar-refractivity contribution < 1.29 is 4.79 Å². The Morgan fingerprint density at radius 1 is 1.54 bits per heavy atom. The minimum atomic E-state index is -0.00808. The fraction of sp³-hybridized carbons (Fsp3) is 0.700. The average molecular weight is 178 g/mol. The number of carbonyl (C=O) groups is 1. The van der Waals surface area contributed by atoms with Gasteiger partial charge in [0.15, 0.2) is 0 Å². The van der Waals surface area contributed by atoms with Crippen molar-refractivity contribution in [1.82, 2.24) is 10.2 Å². The number of likely N-dealkylation sites (tertiary alicyclic amines) is 1. The van der Waals surface area contributed by atoms with Crippen LogP contribution in [-0.2, 0) is 4.79 Å². The zero-order valence-corrected chi connectivity index (χ0v) is 7.89. The van der Waals surface area contributed by atoms with E-state index in [9.17, 15) is 4.79 Å². The minimum absolute atomic E-state index is 0.00808. The predicted octanol–water partition coefficient (Wildman–Crippen LogP) is -0.168. The normalized spacial score (nSPS) is 23.6. The summed E-state index contributed by atoms with van der Waals surface area (Å²) in [6, 6.07) is 0. The molecular weight excluding hydrogens is 164 g/mol. The second-order valence-electron chi connectivity index (χ2n) is 3.96. The summed E-state index contributed by atoms with van der Waals surface area (Å²) in [5, 5.41) is 3.26. The molecule has 3 heteroatoms. The smallest absolute Gasteiger partial charge is 0.298 e. The molecule has 1 spiro atoms. The lowest BCUT2D eigenvalue weighted by atomic mass is 9.81. The molecule has 0 bridgehead atoms. The van der Waals surface area contributed by atoms with Gasteiger partial charge < -0.3 is 10.2 Å². The topological polar surface area (TPSA) is 32.3 Å². The van der Waals surface area contributed by atoms with Gasteiger partial charge in [-0.2, -0.15) is 0 Å². The van der Waals surface area contributed by atoms with Crippen molar-refractivity contribution in [3.63, 3.8) is 0 Å². The quantitative estimate of drug-likeness (QED) is 0.522. The Morgan fingerprint density at radius 3 is 2.77 bits per heavy atom. The van der Waals surface area contributed by atoms with Gasteiger partial charge in [-0.15, -0.1) is 0 Å². The highest BCUT2D eigenvalue weighted by molar-refractivity contribution is 5.93. The maximum absolute atomic E-state index is 11.4. The van der Waals surface area contributed by atoms with E-state index < -0.39 is 0 Å². The van der Waals surface area contributed by atoms with Crippen molar-refractivity contribution in [1.29, 1.82) is 0 Å². The molecule has 2 fully saturated rings. The third kappa shape index (κ3) is 1.42. The Morgan fingerprint density at radius 2 is 2.31 bits per heavy atom. The van der Waals surface area contributed by atoms with E-state index in [0.717, 1.165) is 32.6 Å². The number of carbonyl (C=O) groups excluding carboxylic acids is 1. The molecule has 0 aliphatic carbocycles. The zero-order valence-electron chi connectivity index (χ0n) is 7.89. The Labute approximate surface area is 78.5 Å². The van der Waals surface area contributed by atoms with Crippen LogP contribution in [0.4, 0.5) is 0 Å². The lowest BCUT2D eigenvalue weighted by molar-refractivity contribution is -0.124. The maximum atomic E-state index is 11.4. The molecule has 2 saturated heterocycles. The predicted molar refractivity (Wildman–Crippen MR) is 49.9 cm³/mol. The first-order valence-electron chi connectivity index (χ1n) is 4.68. The van der Waals surface area contributed by atoms with Gasteiger partial charge in [-0.1, -0.05) is 5.92 Å². The van der Waals surface area contributed by atoms with E-state index in [4.69, 9.17) is 0 Å². The Hall–Kier alpha value is -1.01. The summed E-state index contributed by atoms with van der Waals surface area (Å²) < 4.78 is 0. The van der Waals surface area contributed by atoms with Gasteiger partial charge in [0, 0.05) is 31.6 Å². The second-order valence-corrected chi connectivity index (χ2v) is 3.96. The Balaban J connectivity index is 1.96. The van der Waals surface area contributed by atoms with Crippen LogP contribution in [0.25, 0.3) is 0 Å². The van der Waals surface area contributed by atoms with Crippen LogP contribution < -0.4 is 5.32 Å². The molecule has 2 aliphatic rings. The molecule has 0 saturated carbocycles. The number of rotatable bonds is 0. The van der Waals surface area contributed by atoms with Crippen LogP contribution in [0, 0.1) is 17.3 Å². The monoisotopic (exact) mass is 178 g/mol. The maximum Gasteiger partial charge on any atom is 0.298 e. The molecule has 0 unspecified atom stereocenters. The van der Waals surface area contributed by atoms with Crippen molar-refractivity contribution in [3.8, 4) is 11.8 Å². The molecule has 13 heavy (non-hydrogen) atoms. The van der Waals surface area contributed by atoms with Crippen LogP contribution in [0.5, 0.6) is 0 Å². The van der Waals surface area contributed by atoms with Crippen molar-refractivity contribution in [2.75, 3.05) is 26.2 Å². The van der Waals surface area contributed by atoms with Crippen LogP contribution in [-0.4, -0.2) is 37.0 Å². The molecule has 0 radical (unpaired) electrons. The van der Waals surface area contributed by atoms with Crippen molar-refractivity contribution in [2.24, 2.45) is 5.41 Å². The molecule has 1 amide bonds. The van der Waals surface area contributed by atoms with Crippen LogP contribution in [0.15, 0.2) is 0 Å². The molecule has 0 aromatic rings. The lowest BCUT2D eigenvalue weighted by Crippen LogP contribution is -2.55. The molecule has 0 atom stereocenters. The third-order valence-corrected chi connectivity index (χ3v) is 2.96. The van der Waals surface area contributed by atoms with Crippen LogP contribution in [0.2, 0.25) is 0 Å². The summed E-state index contributed by atoms with van der Waals surface area (Å²) in [6.45, 7) is 5.62. The van der Waals surface area contributed by atoms with Crippen molar-refractivity contribution in [3.05, 3.63) is 0 Å². The molecule has 2 heterocycles. The largest absolute Gasteiger partial charge is 0.331 e. The molecule has 0 aromatic carbocycles. The second kappa shape index (κ2) is 3.04. The standard InChI is InChI=1S/C10H14N2O/c1-2-3-9(13)12-5-4-10(8-12)6-11-7-10/h11H,4-8H2,1H3. The summed E-state index contributed by atoms with van der Waals surface area (Å²) in [7, 11) is 0. The summed E-state index contributed by atoms with van der Waals surface area (Å²) in [4.78, 5) is 13.3. The summed E-state index contributed by atoms with van der Waals surface area (Å²) in [6.07, 6.45) is 1.14. The highest BCUT2D eigenvalue weighted by atomic mass is 16.2. The van der Waals surface area contributed by atoms with Crippen molar-refractivity contribution in [2.45, 2.75) is 13.3 Å². The third-order valence-electron chi connectivity index (χ3n) is 2.96. The average Bonchev–Trinajstić information content (AvgIpc) is 2.47. The molecule has 2 rings (SSSR count). The fourth-order valence-corrected chi connectivity index (χ4v) is 2.06. The number of hydrogen-bond donors (Lipinski definition) is 1. The Bertz CT molecular complexity index is 283. The number of hydrogen-bond acceptors (Lipinski definition) is 2. The van der Waals surface area contributed by atoms with Gasteiger partial charge >= 0.3 is 0 Å². The number of nitrogens with one attached hydrogen (secondary N) is 1. The molecule has 1 N–H and O–H groups in total. The van der Waals surface area contributed by atoms with E-state index in [1.54, 1.807) is 6.92 Å². The van der Waals surface area contributed by atoms with Gasteiger partial charge in [-0.3, -0.25) is 4.79 Å². The summed E-state index contributed by atoms with van der Waals surface area (Å²) >= 11 is 0. The molecule has 2 aliphatic heterocycles. The molecule has 70 valence electrons. The molecule has 3 nitrogen and oxygen atoms in total. The first kappa shape index (κ1) is 8.58. The van der Waals surface area contributed by atoms with E-state index in [1.807, 2.05) is 4.90 Å². The molecule has 0 aromatic heterocycles. The number of nitrogens with zero attached hydrogens (tertiary/aromatic N) is 1. The van der Waals surface area contributed by atoms with E-state index in [2.05, 4.69) is 17.2 Å². The van der Waals surface area contributed by atoms with Crippen molar-refractivity contribution >= 4 is 5.91 Å². The number of amides is 1. The minimum Gasteiger partial charge on any atom is -0.331 e. The van der Waals surface area contributed by atoms with Gasteiger partial charge in [0.05, 0.1) is 0 Å². The van der Waals surface area contributed by atoms with Crippen LogP contribution in [0.3, 0.4) is 0 Å². The molecular formula is C10H14N2O. The van der Waals surface area contributed by atoms with E-state index in [0.29, 0.717) is 5.41 Å². The van der Waals surface area contributed by atoms with E-state index >= 15 is 0 Å². The summed E-state index contributed by atoms with van der Waals surface area (Å²) in [5.74, 6) is 5.23. The van der Waals surface area contributed by atoms with Gasteiger partial charge in [0.2, 0.25) is 0 Å². The SMILES string of the molecule is CC#CC(=O)N1CCC2(CNC2)C1. The van der Waals surface area contributed by atoms with Gasteiger partial charge in [0.1, 0.15) is 0 Å². The van der Waals surface area contributed by atoms with E-state index in [1.165, 1.54) is 0 Å². The van der Waals surface area contributed by atoms with Gasteiger partial charge in [-0.05, 0) is 19.3 Å². The first-order valence-corrected chi connectivity index (χ1v) is 4.68. The van der Waals surface area contributed by atoms with Gasteiger partial charge in [-0.25, -0.2) is 0 Å². The highest BCUT2D eigenvalue weighted by Gasteiger charge is 2.43. The van der Waals surface area contributed by atoms with E-state index in [-0.39, 0.29) is 5.91 Å². The highest BCUT2D eigenvalue weighted by Crippen LogP contribution is 2.33. The fourth-order valence-electron chi connectivity index (χ4n) is 2.06. The van der Waals surface area contributed by atoms with Crippen LogP contribution >= 0.6 is 0 Å². The van der Waals surface area contributed by atoms with Gasteiger partial charge in [0.25, 0.3) is 5.91 Å².